The fourth-order valence-corrected chi connectivity index (χ4v) is 4.59. The molecule has 1 aliphatic carbocycles. The Morgan fingerprint density at radius 2 is 2.04 bits per heavy atom. The van der Waals surface area contributed by atoms with Gasteiger partial charge in [0.2, 0.25) is 5.91 Å². The number of anilines is 1. The third-order valence-corrected chi connectivity index (χ3v) is 5.66. The maximum Gasteiger partial charge on any atom is 0.339 e. The molecule has 3 rings (SSSR count). The summed E-state index contributed by atoms with van der Waals surface area (Å²) in [5, 5.41) is 27.6. The molecule has 0 atom stereocenters. The van der Waals surface area contributed by atoms with E-state index >= 15 is 0 Å². The van der Waals surface area contributed by atoms with Crippen LogP contribution in [0.2, 0.25) is 0 Å². The van der Waals surface area contributed by atoms with Crippen molar-refractivity contribution in [3.63, 3.8) is 0 Å². The van der Waals surface area contributed by atoms with Gasteiger partial charge in [0.25, 0.3) is 0 Å². The minimum Gasteiger partial charge on any atom is -0.478 e. The molecule has 0 aromatic carbocycles. The number of fused-ring (bicyclic) bond motifs is 1. The van der Waals surface area contributed by atoms with Gasteiger partial charge in [-0.05, 0) is 45.1 Å². The Bertz CT molecular complexity index is 914. The number of aromatic carboxylic acids is 1. The van der Waals surface area contributed by atoms with Crippen LogP contribution in [-0.2, 0) is 24.2 Å². The van der Waals surface area contributed by atoms with E-state index in [4.69, 9.17) is 0 Å². The molecule has 138 valence electrons. The number of hydrogen-bond donors (Lipinski definition) is 2. The molecule has 2 aromatic heterocycles. The number of carbonyl (C=O) groups is 2. The van der Waals surface area contributed by atoms with E-state index < -0.39 is 16.8 Å². The van der Waals surface area contributed by atoms with Gasteiger partial charge in [-0.1, -0.05) is 0 Å². The maximum atomic E-state index is 12.4. The maximum absolute atomic E-state index is 12.4. The number of rotatable bonds is 5. The van der Waals surface area contributed by atoms with Crippen LogP contribution >= 0.6 is 11.3 Å². The highest BCUT2D eigenvalue weighted by molar-refractivity contribution is 7.17. The van der Waals surface area contributed by atoms with Gasteiger partial charge in [-0.25, -0.2) is 4.79 Å². The van der Waals surface area contributed by atoms with Crippen molar-refractivity contribution in [2.75, 3.05) is 5.32 Å². The second-order valence-corrected chi connectivity index (χ2v) is 7.31. The molecule has 0 bridgehead atoms. The smallest absolute Gasteiger partial charge is 0.339 e. The van der Waals surface area contributed by atoms with Gasteiger partial charge < -0.3 is 10.4 Å². The average molecular weight is 378 g/mol. The molecule has 0 radical (unpaired) electrons. The van der Waals surface area contributed by atoms with E-state index in [1.807, 2.05) is 0 Å². The molecule has 0 spiro atoms. The summed E-state index contributed by atoms with van der Waals surface area (Å²) in [6.07, 6.45) is 3.47. The van der Waals surface area contributed by atoms with Gasteiger partial charge in [0.05, 0.1) is 10.5 Å². The summed E-state index contributed by atoms with van der Waals surface area (Å²) in [5.74, 6) is -1.52. The number of amides is 1. The number of nitrogens with one attached hydrogen (secondary N) is 1. The summed E-state index contributed by atoms with van der Waals surface area (Å²) < 4.78 is 1.26. The number of hydrogen-bond acceptors (Lipinski definition) is 6. The van der Waals surface area contributed by atoms with E-state index in [-0.39, 0.29) is 29.2 Å². The van der Waals surface area contributed by atoms with Crippen molar-refractivity contribution in [2.24, 2.45) is 0 Å². The number of aryl methyl sites for hydroxylation is 2. The average Bonchev–Trinajstić information content (AvgIpc) is 3.04. The van der Waals surface area contributed by atoms with Crippen LogP contribution in [0.25, 0.3) is 0 Å². The summed E-state index contributed by atoms with van der Waals surface area (Å²) in [5.41, 5.74) is 1.38. The van der Waals surface area contributed by atoms with Crippen LogP contribution in [0, 0.1) is 24.0 Å². The van der Waals surface area contributed by atoms with E-state index in [0.717, 1.165) is 29.7 Å². The van der Waals surface area contributed by atoms with Gasteiger partial charge in [-0.2, -0.15) is 5.10 Å². The lowest BCUT2D eigenvalue weighted by atomic mass is 9.95. The van der Waals surface area contributed by atoms with E-state index in [1.54, 1.807) is 0 Å². The van der Waals surface area contributed by atoms with Gasteiger partial charge >= 0.3 is 11.7 Å². The number of thiophene rings is 1. The van der Waals surface area contributed by atoms with Crippen molar-refractivity contribution in [2.45, 2.75) is 46.1 Å². The highest BCUT2D eigenvalue weighted by Gasteiger charge is 2.27. The molecule has 0 saturated carbocycles. The van der Waals surface area contributed by atoms with Crippen molar-refractivity contribution >= 4 is 33.9 Å². The van der Waals surface area contributed by atoms with Crippen LogP contribution < -0.4 is 5.32 Å². The lowest BCUT2D eigenvalue weighted by molar-refractivity contribution is -0.386. The van der Waals surface area contributed by atoms with Gasteiger partial charge in [0, 0.05) is 4.88 Å². The predicted octanol–water partition coefficient (Wildman–Crippen LogP) is 2.69. The molecule has 0 saturated heterocycles. The van der Waals surface area contributed by atoms with Crippen molar-refractivity contribution in [3.8, 4) is 0 Å². The molecule has 9 nitrogen and oxygen atoms in total. The number of carboxylic acids is 1. The molecule has 0 fully saturated rings. The fourth-order valence-electron chi connectivity index (χ4n) is 3.29. The molecular weight excluding hydrogens is 360 g/mol. The number of nitro groups is 1. The van der Waals surface area contributed by atoms with Gasteiger partial charge in [-0.15, -0.1) is 11.3 Å². The van der Waals surface area contributed by atoms with Crippen molar-refractivity contribution < 1.29 is 19.6 Å². The SMILES string of the molecule is Cc1nn(CC(=O)Nc2sc3c(c2C(=O)O)CCCC3)c(C)c1[N+](=O)[O-]. The lowest BCUT2D eigenvalue weighted by Crippen LogP contribution is -2.21. The first kappa shape index (κ1) is 18.1. The van der Waals surface area contributed by atoms with Crippen molar-refractivity contribution in [1.29, 1.82) is 0 Å². The molecule has 1 aliphatic rings. The third kappa shape index (κ3) is 3.19. The lowest BCUT2D eigenvalue weighted by Gasteiger charge is -2.10. The molecular formula is C16H18N4O5S. The summed E-state index contributed by atoms with van der Waals surface area (Å²) in [6, 6.07) is 0. The van der Waals surface area contributed by atoms with E-state index in [0.29, 0.717) is 11.4 Å². The van der Waals surface area contributed by atoms with E-state index in [2.05, 4.69) is 10.4 Å². The number of nitrogens with zero attached hydrogens (tertiary/aromatic N) is 3. The largest absolute Gasteiger partial charge is 0.478 e. The topological polar surface area (TPSA) is 127 Å². The molecule has 1 amide bonds. The van der Waals surface area contributed by atoms with Crippen LogP contribution in [0.15, 0.2) is 0 Å². The molecule has 10 heteroatoms. The van der Waals surface area contributed by atoms with Crippen LogP contribution in [0.4, 0.5) is 10.7 Å². The number of carbonyl (C=O) groups excluding carboxylic acids is 1. The zero-order valence-electron chi connectivity index (χ0n) is 14.4. The Kier molecular flexibility index (Phi) is 4.77. The zero-order chi connectivity index (χ0) is 19.0. The number of aromatic nitrogens is 2. The number of carboxylic acid groups (broad SMARTS) is 1. The Morgan fingerprint density at radius 1 is 1.35 bits per heavy atom. The fraction of sp³-hybridized carbons (Fsp3) is 0.438. The quantitative estimate of drug-likeness (QED) is 0.608. The van der Waals surface area contributed by atoms with Crippen molar-refractivity contribution in [3.05, 3.63) is 37.5 Å². The molecule has 2 heterocycles. The Labute approximate surface area is 152 Å². The van der Waals surface area contributed by atoms with E-state index in [1.165, 1.54) is 29.9 Å². The standard InChI is InChI=1S/C16H18N4O5S/c1-8-14(20(24)25)9(2)19(18-8)7-12(21)17-15-13(16(22)23)10-5-3-4-6-11(10)26-15/h3-7H2,1-2H3,(H,17,21)(H,22,23). The molecule has 2 N–H and O–H groups in total. The highest BCUT2D eigenvalue weighted by Crippen LogP contribution is 2.38. The van der Waals surface area contributed by atoms with Crippen LogP contribution in [0.3, 0.4) is 0 Å². The Morgan fingerprint density at radius 3 is 2.65 bits per heavy atom. The van der Waals surface area contributed by atoms with Gasteiger partial charge in [0.15, 0.2) is 0 Å². The second kappa shape index (κ2) is 6.87. The monoisotopic (exact) mass is 378 g/mol. The van der Waals surface area contributed by atoms with Crippen LogP contribution in [0.5, 0.6) is 0 Å². The van der Waals surface area contributed by atoms with Crippen LogP contribution in [0.1, 0.15) is 45.0 Å². The third-order valence-electron chi connectivity index (χ3n) is 4.46. The molecule has 2 aromatic rings. The summed E-state index contributed by atoms with van der Waals surface area (Å²) >= 11 is 1.30. The first-order chi connectivity index (χ1) is 12.3. The first-order valence-corrected chi connectivity index (χ1v) is 8.97. The molecule has 26 heavy (non-hydrogen) atoms. The van der Waals surface area contributed by atoms with Crippen molar-refractivity contribution in [1.82, 2.24) is 9.78 Å². The highest BCUT2D eigenvalue weighted by atomic mass is 32.1. The zero-order valence-corrected chi connectivity index (χ0v) is 15.2. The second-order valence-electron chi connectivity index (χ2n) is 6.20. The van der Waals surface area contributed by atoms with Crippen LogP contribution in [-0.4, -0.2) is 31.7 Å². The molecule has 0 unspecified atom stereocenters. The van der Waals surface area contributed by atoms with Gasteiger partial charge in [-0.3, -0.25) is 19.6 Å². The minimum absolute atomic E-state index is 0.115. The summed E-state index contributed by atoms with van der Waals surface area (Å²) in [7, 11) is 0. The predicted molar refractivity (Wildman–Crippen MR) is 94.9 cm³/mol. The summed E-state index contributed by atoms with van der Waals surface area (Å²) in [4.78, 5) is 35.6. The van der Waals surface area contributed by atoms with Gasteiger partial charge in [0.1, 0.15) is 22.9 Å². The Hall–Kier alpha value is -2.75. The molecule has 0 aliphatic heterocycles. The first-order valence-electron chi connectivity index (χ1n) is 8.15. The Balaban J connectivity index is 1.83. The minimum atomic E-state index is -1.05. The summed E-state index contributed by atoms with van der Waals surface area (Å²) in [6.45, 7) is 2.81. The van der Waals surface area contributed by atoms with E-state index in [9.17, 15) is 24.8 Å². The normalized spacial score (nSPS) is 13.3.